The molecular formula is C8H7FV. The molecule has 0 aromatic heterocycles. The molecule has 0 spiro atoms. The van der Waals surface area contributed by atoms with E-state index >= 15 is 0 Å². The van der Waals surface area contributed by atoms with Crippen molar-refractivity contribution < 1.29 is 22.9 Å². The molecule has 0 aliphatic rings. The Morgan fingerprint density at radius 2 is 2.20 bits per heavy atom. The third kappa shape index (κ3) is 2.55. The van der Waals surface area contributed by atoms with Crippen LogP contribution < -0.4 is 0 Å². The van der Waals surface area contributed by atoms with Crippen LogP contribution in [0, 0.1) is 18.8 Å². The number of hydrogen-bond acceptors (Lipinski definition) is 0. The van der Waals surface area contributed by atoms with Crippen LogP contribution >= 0.6 is 0 Å². The van der Waals surface area contributed by atoms with Crippen LogP contribution in [0.5, 0.6) is 0 Å². The van der Waals surface area contributed by atoms with E-state index in [4.69, 9.17) is 0 Å². The van der Waals surface area contributed by atoms with Crippen LogP contribution in [0.4, 0.5) is 4.39 Å². The van der Waals surface area contributed by atoms with Crippen LogP contribution in [-0.2, 0) is 25.0 Å². The molecule has 1 rings (SSSR count). The van der Waals surface area contributed by atoms with Gasteiger partial charge in [0.25, 0.3) is 0 Å². The molecule has 10 heavy (non-hydrogen) atoms. The molecule has 0 aliphatic carbocycles. The van der Waals surface area contributed by atoms with Gasteiger partial charge in [-0.2, -0.15) is 24.1 Å². The Morgan fingerprint density at radius 1 is 1.50 bits per heavy atom. The van der Waals surface area contributed by atoms with E-state index in [9.17, 15) is 4.39 Å². The summed E-state index contributed by atoms with van der Waals surface area (Å²) < 4.78 is 12.3. The summed E-state index contributed by atoms with van der Waals surface area (Å²) in [6.45, 7) is 3.60. The van der Waals surface area contributed by atoms with Crippen molar-refractivity contribution >= 4 is 0 Å². The summed E-state index contributed by atoms with van der Waals surface area (Å²) in [6, 6.07) is 7.36. The molecule has 0 saturated heterocycles. The fourth-order valence-electron chi connectivity index (χ4n) is 0.631. The molecule has 1 aromatic carbocycles. The van der Waals surface area contributed by atoms with E-state index < -0.39 is 0 Å². The van der Waals surface area contributed by atoms with E-state index in [1.807, 2.05) is 0 Å². The second kappa shape index (κ2) is 4.53. The number of hydrogen-bond donors (Lipinski definition) is 0. The van der Waals surface area contributed by atoms with Gasteiger partial charge in [0.05, 0.1) is 0 Å². The normalized spacial score (nSPS) is 8.60. The van der Waals surface area contributed by atoms with Crippen molar-refractivity contribution in [1.82, 2.24) is 0 Å². The number of halogens is 1. The largest absolute Gasteiger partial charge is 2.00 e. The molecular weight excluding hydrogens is 166 g/mol. The SMILES string of the molecule is [CH2-]Cc1[c-]c(F)ccc1.[V+2]. The van der Waals surface area contributed by atoms with Gasteiger partial charge < -0.3 is 6.92 Å². The fraction of sp³-hybridized carbons (Fsp3) is 0.125. The van der Waals surface area contributed by atoms with Gasteiger partial charge in [0, 0.05) is 5.82 Å². The topological polar surface area (TPSA) is 0 Å². The molecule has 0 unspecified atom stereocenters. The van der Waals surface area contributed by atoms with Gasteiger partial charge in [0.2, 0.25) is 0 Å². The second-order valence-electron chi connectivity index (χ2n) is 1.77. The first-order chi connectivity index (χ1) is 4.33. The summed E-state index contributed by atoms with van der Waals surface area (Å²) in [5.74, 6) is -0.309. The van der Waals surface area contributed by atoms with E-state index in [0.29, 0.717) is 6.42 Å². The van der Waals surface area contributed by atoms with Crippen LogP contribution in [0.15, 0.2) is 18.2 Å². The Morgan fingerprint density at radius 3 is 2.60 bits per heavy atom. The van der Waals surface area contributed by atoms with E-state index in [1.165, 1.54) is 6.07 Å². The third-order valence-electron chi connectivity index (χ3n) is 1.09. The standard InChI is InChI=1S/C8H7F.V/c1-2-7-4-3-5-8(9)6-7;/h3-5H,1-2H2;/q-2;+2. The maximum Gasteiger partial charge on any atom is 2.00 e. The minimum atomic E-state index is -0.309. The molecule has 0 atom stereocenters. The average molecular weight is 173 g/mol. The van der Waals surface area contributed by atoms with Gasteiger partial charge in [-0.1, -0.05) is 0 Å². The maximum atomic E-state index is 12.3. The zero-order chi connectivity index (χ0) is 6.69. The fourth-order valence-corrected chi connectivity index (χ4v) is 0.631. The maximum absolute atomic E-state index is 12.3. The van der Waals surface area contributed by atoms with Crippen LogP contribution in [0.3, 0.4) is 0 Å². The second-order valence-corrected chi connectivity index (χ2v) is 1.77. The molecule has 0 amide bonds. The molecule has 0 N–H and O–H groups in total. The van der Waals surface area contributed by atoms with E-state index in [-0.39, 0.29) is 24.4 Å². The summed E-state index contributed by atoms with van der Waals surface area (Å²) in [7, 11) is 0. The molecule has 0 fully saturated rings. The van der Waals surface area contributed by atoms with Crippen molar-refractivity contribution in [2.24, 2.45) is 0 Å². The first-order valence-corrected chi connectivity index (χ1v) is 2.79. The van der Waals surface area contributed by atoms with Crippen LogP contribution in [0.25, 0.3) is 0 Å². The summed E-state index contributed by atoms with van der Waals surface area (Å²) in [6.07, 6.45) is 0.595. The molecule has 0 heterocycles. The summed E-state index contributed by atoms with van der Waals surface area (Å²) >= 11 is 0. The molecule has 1 radical (unpaired) electrons. The van der Waals surface area contributed by atoms with Crippen molar-refractivity contribution in [3.05, 3.63) is 42.6 Å². The molecule has 0 aliphatic heterocycles. The Balaban J connectivity index is 0.000000810. The average Bonchev–Trinajstić information content (AvgIpc) is 1.88. The minimum absolute atomic E-state index is 0. The Labute approximate surface area is 72.3 Å². The molecule has 0 bridgehead atoms. The Kier molecular flexibility index (Phi) is 4.41. The van der Waals surface area contributed by atoms with Gasteiger partial charge in [0.15, 0.2) is 0 Å². The van der Waals surface area contributed by atoms with Gasteiger partial charge >= 0.3 is 18.6 Å². The first-order valence-electron chi connectivity index (χ1n) is 2.79. The van der Waals surface area contributed by atoms with Crippen molar-refractivity contribution in [2.45, 2.75) is 6.42 Å². The zero-order valence-corrected chi connectivity index (χ0v) is 6.87. The smallest absolute Gasteiger partial charge is 0.341 e. The zero-order valence-electron chi connectivity index (χ0n) is 5.47. The summed E-state index contributed by atoms with van der Waals surface area (Å²) in [4.78, 5) is 0. The van der Waals surface area contributed by atoms with Crippen LogP contribution in [0.1, 0.15) is 5.56 Å². The number of benzene rings is 1. The predicted octanol–water partition coefficient (Wildman–Crippen LogP) is 2.00. The first kappa shape index (κ1) is 9.73. The van der Waals surface area contributed by atoms with Gasteiger partial charge in [-0.05, 0) is 0 Å². The summed E-state index contributed by atoms with van der Waals surface area (Å²) in [5, 5.41) is 0. The number of rotatable bonds is 1. The van der Waals surface area contributed by atoms with Crippen molar-refractivity contribution in [2.75, 3.05) is 0 Å². The molecule has 0 nitrogen and oxygen atoms in total. The van der Waals surface area contributed by atoms with Gasteiger partial charge in [-0.25, -0.2) is 4.39 Å². The van der Waals surface area contributed by atoms with Crippen molar-refractivity contribution in [1.29, 1.82) is 0 Å². The monoisotopic (exact) mass is 173 g/mol. The van der Waals surface area contributed by atoms with E-state index in [0.717, 1.165) is 5.56 Å². The van der Waals surface area contributed by atoms with E-state index in [2.05, 4.69) is 13.0 Å². The molecule has 2 heteroatoms. The molecule has 51 valence electrons. The van der Waals surface area contributed by atoms with Crippen LogP contribution in [0.2, 0.25) is 0 Å². The van der Waals surface area contributed by atoms with Gasteiger partial charge in [-0.15, -0.1) is 12.1 Å². The van der Waals surface area contributed by atoms with Crippen molar-refractivity contribution in [3.63, 3.8) is 0 Å². The minimum Gasteiger partial charge on any atom is -0.341 e. The third-order valence-corrected chi connectivity index (χ3v) is 1.09. The Hall–Kier alpha value is -0.266. The predicted molar refractivity (Wildman–Crippen MR) is 34.3 cm³/mol. The quantitative estimate of drug-likeness (QED) is 0.570. The van der Waals surface area contributed by atoms with E-state index in [1.54, 1.807) is 12.1 Å². The molecule has 1 aromatic rings. The Bertz CT molecular complexity index is 198. The summed E-state index contributed by atoms with van der Waals surface area (Å²) in [5.41, 5.74) is 0.815. The van der Waals surface area contributed by atoms with Gasteiger partial charge in [-0.3, -0.25) is 0 Å². The van der Waals surface area contributed by atoms with Gasteiger partial charge in [0.1, 0.15) is 0 Å². The van der Waals surface area contributed by atoms with Crippen LogP contribution in [-0.4, -0.2) is 0 Å². The van der Waals surface area contributed by atoms with Crippen molar-refractivity contribution in [3.8, 4) is 0 Å². The molecule has 0 saturated carbocycles.